The van der Waals surface area contributed by atoms with Gasteiger partial charge in [0, 0.05) is 25.3 Å². The lowest BCUT2D eigenvalue weighted by Gasteiger charge is -2.20. The van der Waals surface area contributed by atoms with Crippen molar-refractivity contribution in [2.45, 2.75) is 13.5 Å². The third kappa shape index (κ3) is 3.98. The molecule has 0 aliphatic heterocycles. The van der Waals surface area contributed by atoms with Crippen molar-refractivity contribution in [2.75, 3.05) is 20.2 Å². The minimum atomic E-state index is -0.166. The minimum absolute atomic E-state index is 0.166. The highest BCUT2D eigenvalue weighted by Gasteiger charge is 2.08. The summed E-state index contributed by atoms with van der Waals surface area (Å²) in [6, 6.07) is 6.78. The van der Waals surface area contributed by atoms with Crippen LogP contribution in [0.3, 0.4) is 0 Å². The largest absolute Gasteiger partial charge is 0.396 e. The smallest absolute Gasteiger partial charge is 0.127 e. The average Bonchev–Trinajstić information content (AvgIpc) is 2.21. The molecule has 0 radical (unpaired) electrons. The number of halogens is 1. The van der Waals surface area contributed by atoms with Gasteiger partial charge in [-0.3, -0.25) is 0 Å². The van der Waals surface area contributed by atoms with E-state index in [0.29, 0.717) is 12.1 Å². The molecule has 15 heavy (non-hydrogen) atoms. The fourth-order valence-electron chi connectivity index (χ4n) is 1.57. The highest BCUT2D eigenvalue weighted by molar-refractivity contribution is 5.16. The number of nitrogens with zero attached hydrogens (tertiary/aromatic N) is 1. The Morgan fingerprint density at radius 3 is 2.67 bits per heavy atom. The van der Waals surface area contributed by atoms with Crippen molar-refractivity contribution in [2.24, 2.45) is 5.92 Å². The second kappa shape index (κ2) is 5.83. The fraction of sp³-hybridized carbons (Fsp3) is 0.500. The molecule has 1 aromatic carbocycles. The van der Waals surface area contributed by atoms with Crippen LogP contribution in [0, 0.1) is 11.7 Å². The van der Waals surface area contributed by atoms with Gasteiger partial charge in [-0.15, -0.1) is 0 Å². The molecule has 1 N–H and O–H groups in total. The zero-order chi connectivity index (χ0) is 11.3. The van der Waals surface area contributed by atoms with Gasteiger partial charge in [-0.25, -0.2) is 4.39 Å². The maximum Gasteiger partial charge on any atom is 0.127 e. The first-order valence-corrected chi connectivity index (χ1v) is 5.16. The molecule has 0 heterocycles. The van der Waals surface area contributed by atoms with Gasteiger partial charge in [-0.05, 0) is 19.0 Å². The molecule has 0 spiro atoms. The third-order valence-electron chi connectivity index (χ3n) is 2.33. The average molecular weight is 211 g/mol. The molecule has 3 heteroatoms. The summed E-state index contributed by atoms with van der Waals surface area (Å²) in [5, 5.41) is 8.90. The normalized spacial score (nSPS) is 13.1. The molecule has 0 aliphatic rings. The van der Waals surface area contributed by atoms with Crippen LogP contribution in [0.1, 0.15) is 12.5 Å². The van der Waals surface area contributed by atoms with Crippen LogP contribution in [-0.4, -0.2) is 30.2 Å². The number of benzene rings is 1. The summed E-state index contributed by atoms with van der Waals surface area (Å²) < 4.78 is 13.3. The molecule has 2 nitrogen and oxygen atoms in total. The zero-order valence-corrected chi connectivity index (χ0v) is 9.28. The van der Waals surface area contributed by atoms with E-state index < -0.39 is 0 Å². The standard InChI is InChI=1S/C12H18FNO/c1-10(9-15)7-14(2)8-11-5-3-4-6-12(11)13/h3-6,10,15H,7-9H2,1-2H3. The molecular weight excluding hydrogens is 193 g/mol. The molecule has 1 rings (SSSR count). The van der Waals surface area contributed by atoms with Gasteiger partial charge in [0.05, 0.1) is 0 Å². The Balaban J connectivity index is 2.51. The first-order chi connectivity index (χ1) is 7.13. The van der Waals surface area contributed by atoms with E-state index in [1.807, 2.05) is 24.9 Å². The SMILES string of the molecule is CC(CO)CN(C)Cc1ccccc1F. The molecule has 0 saturated carbocycles. The molecule has 0 fully saturated rings. The summed E-state index contributed by atoms with van der Waals surface area (Å²) in [5.41, 5.74) is 0.699. The van der Waals surface area contributed by atoms with Crippen LogP contribution in [0.2, 0.25) is 0 Å². The topological polar surface area (TPSA) is 23.5 Å². The number of aliphatic hydroxyl groups excluding tert-OH is 1. The minimum Gasteiger partial charge on any atom is -0.396 e. The van der Waals surface area contributed by atoms with Crippen molar-refractivity contribution < 1.29 is 9.50 Å². The summed E-state index contributed by atoms with van der Waals surface area (Å²) in [4.78, 5) is 2.01. The van der Waals surface area contributed by atoms with Gasteiger partial charge in [-0.2, -0.15) is 0 Å². The van der Waals surface area contributed by atoms with E-state index in [9.17, 15) is 4.39 Å². The van der Waals surface area contributed by atoms with Gasteiger partial charge in [0.1, 0.15) is 5.82 Å². The molecule has 0 saturated heterocycles. The van der Waals surface area contributed by atoms with Crippen LogP contribution in [0.5, 0.6) is 0 Å². The van der Waals surface area contributed by atoms with Crippen molar-refractivity contribution in [3.05, 3.63) is 35.6 Å². The second-order valence-corrected chi connectivity index (χ2v) is 4.08. The molecule has 0 amide bonds. The van der Waals surface area contributed by atoms with Crippen LogP contribution in [-0.2, 0) is 6.54 Å². The summed E-state index contributed by atoms with van der Waals surface area (Å²) >= 11 is 0. The lowest BCUT2D eigenvalue weighted by atomic mass is 10.1. The molecule has 0 bridgehead atoms. The van der Waals surface area contributed by atoms with Gasteiger partial charge in [0.2, 0.25) is 0 Å². The summed E-state index contributed by atoms with van der Waals surface area (Å²) in [6.07, 6.45) is 0. The van der Waals surface area contributed by atoms with Crippen molar-refractivity contribution in [1.82, 2.24) is 4.90 Å². The predicted molar refractivity (Wildman–Crippen MR) is 59.0 cm³/mol. The zero-order valence-electron chi connectivity index (χ0n) is 9.28. The third-order valence-corrected chi connectivity index (χ3v) is 2.33. The van der Waals surface area contributed by atoms with E-state index in [1.165, 1.54) is 6.07 Å². The van der Waals surface area contributed by atoms with Crippen molar-refractivity contribution in [3.63, 3.8) is 0 Å². The van der Waals surface area contributed by atoms with E-state index in [0.717, 1.165) is 6.54 Å². The Hall–Kier alpha value is -0.930. The number of hydrogen-bond acceptors (Lipinski definition) is 2. The lowest BCUT2D eigenvalue weighted by molar-refractivity contribution is 0.187. The summed E-state index contributed by atoms with van der Waals surface area (Å²) in [6.45, 7) is 3.49. The Kier molecular flexibility index (Phi) is 4.72. The Labute approximate surface area is 90.3 Å². The Morgan fingerprint density at radius 2 is 2.07 bits per heavy atom. The van der Waals surface area contributed by atoms with Crippen LogP contribution in [0.25, 0.3) is 0 Å². The van der Waals surface area contributed by atoms with Crippen molar-refractivity contribution in [3.8, 4) is 0 Å². The molecule has 0 aromatic heterocycles. The monoisotopic (exact) mass is 211 g/mol. The summed E-state index contributed by atoms with van der Waals surface area (Å²) in [5.74, 6) is 0.0581. The van der Waals surface area contributed by atoms with Crippen LogP contribution in [0.4, 0.5) is 4.39 Å². The van der Waals surface area contributed by atoms with Crippen molar-refractivity contribution in [1.29, 1.82) is 0 Å². The highest BCUT2D eigenvalue weighted by atomic mass is 19.1. The predicted octanol–water partition coefficient (Wildman–Crippen LogP) is 1.89. The lowest BCUT2D eigenvalue weighted by Crippen LogP contribution is -2.26. The van der Waals surface area contributed by atoms with Gasteiger partial charge < -0.3 is 10.0 Å². The number of aliphatic hydroxyl groups is 1. The number of rotatable bonds is 5. The molecule has 1 atom stereocenters. The van der Waals surface area contributed by atoms with E-state index in [4.69, 9.17) is 5.11 Å². The first kappa shape index (κ1) is 12.1. The molecular formula is C12H18FNO. The van der Waals surface area contributed by atoms with Gasteiger partial charge >= 0.3 is 0 Å². The quantitative estimate of drug-likeness (QED) is 0.804. The van der Waals surface area contributed by atoms with Crippen LogP contribution >= 0.6 is 0 Å². The van der Waals surface area contributed by atoms with E-state index in [2.05, 4.69) is 0 Å². The van der Waals surface area contributed by atoms with E-state index >= 15 is 0 Å². The molecule has 1 unspecified atom stereocenters. The highest BCUT2D eigenvalue weighted by Crippen LogP contribution is 2.09. The van der Waals surface area contributed by atoms with Gasteiger partial charge in [-0.1, -0.05) is 25.1 Å². The summed E-state index contributed by atoms with van der Waals surface area (Å²) in [7, 11) is 1.93. The maximum atomic E-state index is 13.3. The van der Waals surface area contributed by atoms with Crippen LogP contribution in [0.15, 0.2) is 24.3 Å². The number of hydrogen-bond donors (Lipinski definition) is 1. The molecule has 0 aliphatic carbocycles. The first-order valence-electron chi connectivity index (χ1n) is 5.16. The Morgan fingerprint density at radius 1 is 1.40 bits per heavy atom. The van der Waals surface area contributed by atoms with Gasteiger partial charge in [0.25, 0.3) is 0 Å². The molecule has 1 aromatic rings. The molecule has 84 valence electrons. The van der Waals surface area contributed by atoms with E-state index in [1.54, 1.807) is 12.1 Å². The maximum absolute atomic E-state index is 13.3. The van der Waals surface area contributed by atoms with Crippen molar-refractivity contribution >= 4 is 0 Å². The van der Waals surface area contributed by atoms with Gasteiger partial charge in [0.15, 0.2) is 0 Å². The van der Waals surface area contributed by atoms with E-state index in [-0.39, 0.29) is 18.3 Å². The second-order valence-electron chi connectivity index (χ2n) is 4.08. The fourth-order valence-corrected chi connectivity index (χ4v) is 1.57. The Bertz CT molecular complexity index is 303. The van der Waals surface area contributed by atoms with Crippen LogP contribution < -0.4 is 0 Å².